The van der Waals surface area contributed by atoms with Gasteiger partial charge < -0.3 is 15.0 Å². The standard InChI is InChI=1S/C21H27N3O3/c1-13(2)22-20(25)15-7-9-24(10-8-15)21(26)18-12-16-11-17(27-4)5-6-19(16)23-14(18)3/h5-6,11-13,15H,7-10H2,1-4H3,(H,22,25). The van der Waals surface area contributed by atoms with E-state index in [1.54, 1.807) is 7.11 Å². The van der Waals surface area contributed by atoms with E-state index < -0.39 is 0 Å². The number of ether oxygens (including phenoxy) is 1. The summed E-state index contributed by atoms with van der Waals surface area (Å²) < 4.78 is 5.27. The fraction of sp³-hybridized carbons (Fsp3) is 0.476. The van der Waals surface area contributed by atoms with E-state index in [1.165, 1.54) is 0 Å². The maximum atomic E-state index is 13.0. The number of hydrogen-bond donors (Lipinski definition) is 1. The number of fused-ring (bicyclic) bond motifs is 1. The van der Waals surface area contributed by atoms with Crippen molar-refractivity contribution in [2.45, 2.75) is 39.7 Å². The third-order valence-corrected chi connectivity index (χ3v) is 5.03. The van der Waals surface area contributed by atoms with Crippen molar-refractivity contribution >= 4 is 22.7 Å². The van der Waals surface area contributed by atoms with E-state index in [0.717, 1.165) is 22.3 Å². The number of likely N-dealkylation sites (tertiary alicyclic amines) is 1. The molecule has 1 fully saturated rings. The topological polar surface area (TPSA) is 71.5 Å². The van der Waals surface area contributed by atoms with E-state index >= 15 is 0 Å². The van der Waals surface area contributed by atoms with Gasteiger partial charge in [0, 0.05) is 30.4 Å². The monoisotopic (exact) mass is 369 g/mol. The zero-order valence-corrected chi connectivity index (χ0v) is 16.4. The van der Waals surface area contributed by atoms with Crippen LogP contribution < -0.4 is 10.1 Å². The van der Waals surface area contributed by atoms with Gasteiger partial charge in [-0.1, -0.05) is 0 Å². The maximum absolute atomic E-state index is 13.0. The minimum atomic E-state index is -0.0209. The van der Waals surface area contributed by atoms with Crippen LogP contribution >= 0.6 is 0 Å². The molecule has 6 heteroatoms. The zero-order chi connectivity index (χ0) is 19.6. The highest BCUT2D eigenvalue weighted by atomic mass is 16.5. The molecule has 1 saturated heterocycles. The smallest absolute Gasteiger partial charge is 0.255 e. The number of pyridine rings is 1. The molecule has 1 aromatic carbocycles. The lowest BCUT2D eigenvalue weighted by Gasteiger charge is -2.32. The Morgan fingerprint density at radius 2 is 1.93 bits per heavy atom. The average Bonchev–Trinajstić information content (AvgIpc) is 2.66. The molecule has 0 saturated carbocycles. The quantitative estimate of drug-likeness (QED) is 0.899. The highest BCUT2D eigenvalue weighted by Gasteiger charge is 2.28. The second kappa shape index (κ2) is 7.94. The van der Waals surface area contributed by atoms with Crippen molar-refractivity contribution in [2.24, 2.45) is 5.92 Å². The van der Waals surface area contributed by atoms with E-state index in [0.29, 0.717) is 31.5 Å². The molecule has 1 aliphatic rings. The Kier molecular flexibility index (Phi) is 5.63. The van der Waals surface area contributed by atoms with Crippen molar-refractivity contribution < 1.29 is 14.3 Å². The van der Waals surface area contributed by atoms with Crippen LogP contribution in [0.15, 0.2) is 24.3 Å². The van der Waals surface area contributed by atoms with Gasteiger partial charge in [0.15, 0.2) is 0 Å². The predicted octanol–water partition coefficient (Wildman–Crippen LogP) is 2.93. The third-order valence-electron chi connectivity index (χ3n) is 5.03. The average molecular weight is 369 g/mol. The van der Waals surface area contributed by atoms with Gasteiger partial charge in [0.25, 0.3) is 5.91 Å². The van der Waals surface area contributed by atoms with E-state index in [2.05, 4.69) is 10.3 Å². The molecule has 0 unspecified atom stereocenters. The van der Waals surface area contributed by atoms with Crippen LogP contribution in [-0.4, -0.2) is 47.9 Å². The molecule has 3 rings (SSSR count). The van der Waals surface area contributed by atoms with Crippen LogP contribution in [0.2, 0.25) is 0 Å². The molecule has 27 heavy (non-hydrogen) atoms. The number of amides is 2. The van der Waals surface area contributed by atoms with Gasteiger partial charge >= 0.3 is 0 Å². The number of carbonyl (C=O) groups excluding carboxylic acids is 2. The summed E-state index contributed by atoms with van der Waals surface area (Å²) in [6.45, 7) is 6.96. The molecule has 2 amide bonds. The predicted molar refractivity (Wildman–Crippen MR) is 105 cm³/mol. The first-order valence-corrected chi connectivity index (χ1v) is 9.44. The fourth-order valence-corrected chi connectivity index (χ4v) is 3.51. The van der Waals surface area contributed by atoms with Gasteiger partial charge in [0.2, 0.25) is 5.91 Å². The molecule has 0 radical (unpaired) electrons. The number of carbonyl (C=O) groups is 2. The number of benzene rings is 1. The van der Waals surface area contributed by atoms with Gasteiger partial charge in [0.05, 0.1) is 23.9 Å². The van der Waals surface area contributed by atoms with Crippen LogP contribution in [0.1, 0.15) is 42.7 Å². The largest absolute Gasteiger partial charge is 0.497 e. The number of aryl methyl sites for hydroxylation is 1. The van der Waals surface area contributed by atoms with Crippen molar-refractivity contribution in [1.29, 1.82) is 0 Å². The maximum Gasteiger partial charge on any atom is 0.255 e. The second-order valence-corrected chi connectivity index (χ2v) is 7.41. The van der Waals surface area contributed by atoms with E-state index in [-0.39, 0.29) is 23.8 Å². The minimum absolute atomic E-state index is 0.0171. The Morgan fingerprint density at radius 3 is 2.56 bits per heavy atom. The summed E-state index contributed by atoms with van der Waals surface area (Å²) in [5.41, 5.74) is 2.17. The summed E-state index contributed by atoms with van der Waals surface area (Å²) in [4.78, 5) is 31.6. The summed E-state index contributed by atoms with van der Waals surface area (Å²) in [5.74, 6) is 0.792. The summed E-state index contributed by atoms with van der Waals surface area (Å²) in [6.07, 6.45) is 1.39. The van der Waals surface area contributed by atoms with Gasteiger partial charge in [0.1, 0.15) is 5.75 Å². The highest BCUT2D eigenvalue weighted by Crippen LogP contribution is 2.24. The number of methoxy groups -OCH3 is 1. The molecule has 0 bridgehead atoms. The van der Waals surface area contributed by atoms with Gasteiger partial charge in [-0.3, -0.25) is 14.6 Å². The summed E-state index contributed by atoms with van der Waals surface area (Å²) in [5, 5.41) is 3.85. The molecule has 2 aromatic rings. The minimum Gasteiger partial charge on any atom is -0.497 e. The molecule has 1 aliphatic heterocycles. The van der Waals surface area contributed by atoms with Crippen LogP contribution in [0.25, 0.3) is 10.9 Å². The molecule has 6 nitrogen and oxygen atoms in total. The second-order valence-electron chi connectivity index (χ2n) is 7.41. The van der Waals surface area contributed by atoms with Crippen LogP contribution in [0.4, 0.5) is 0 Å². The molecule has 0 atom stereocenters. The number of nitrogens with one attached hydrogen (secondary N) is 1. The van der Waals surface area contributed by atoms with Crippen LogP contribution in [-0.2, 0) is 4.79 Å². The van der Waals surface area contributed by atoms with Crippen molar-refractivity contribution in [1.82, 2.24) is 15.2 Å². The Balaban J connectivity index is 1.74. The van der Waals surface area contributed by atoms with Gasteiger partial charge in [-0.25, -0.2) is 0 Å². The third kappa shape index (κ3) is 4.21. The van der Waals surface area contributed by atoms with Gasteiger partial charge in [-0.15, -0.1) is 0 Å². The SMILES string of the molecule is COc1ccc2nc(C)c(C(=O)N3CCC(C(=O)NC(C)C)CC3)cc2c1. The van der Waals surface area contributed by atoms with Crippen LogP contribution in [0.5, 0.6) is 5.75 Å². The number of aromatic nitrogens is 1. The van der Waals surface area contributed by atoms with Crippen molar-refractivity contribution in [3.05, 3.63) is 35.5 Å². The van der Waals surface area contributed by atoms with Crippen molar-refractivity contribution in [3.8, 4) is 5.75 Å². The zero-order valence-electron chi connectivity index (χ0n) is 16.4. The van der Waals surface area contributed by atoms with Crippen LogP contribution in [0, 0.1) is 12.8 Å². The Morgan fingerprint density at radius 1 is 1.22 bits per heavy atom. The Bertz CT molecular complexity index is 855. The van der Waals surface area contributed by atoms with Crippen LogP contribution in [0.3, 0.4) is 0 Å². The number of piperidine rings is 1. The number of rotatable bonds is 4. The lowest BCUT2D eigenvalue weighted by molar-refractivity contribution is -0.126. The number of hydrogen-bond acceptors (Lipinski definition) is 4. The fourth-order valence-electron chi connectivity index (χ4n) is 3.51. The Labute approximate surface area is 159 Å². The Hall–Kier alpha value is -2.63. The molecule has 1 aromatic heterocycles. The van der Waals surface area contributed by atoms with E-state index in [1.807, 2.05) is 49.9 Å². The van der Waals surface area contributed by atoms with Gasteiger partial charge in [-0.05, 0) is 57.9 Å². The molecule has 144 valence electrons. The van der Waals surface area contributed by atoms with Gasteiger partial charge in [-0.2, -0.15) is 0 Å². The summed E-state index contributed by atoms with van der Waals surface area (Å²) in [7, 11) is 1.62. The molecule has 1 N–H and O–H groups in total. The number of nitrogens with zero attached hydrogens (tertiary/aromatic N) is 2. The first-order valence-electron chi connectivity index (χ1n) is 9.44. The van der Waals surface area contributed by atoms with E-state index in [9.17, 15) is 9.59 Å². The first kappa shape index (κ1) is 19.1. The molecule has 2 heterocycles. The molecule has 0 spiro atoms. The lowest BCUT2D eigenvalue weighted by atomic mass is 9.95. The summed E-state index contributed by atoms with van der Waals surface area (Å²) in [6, 6.07) is 7.68. The summed E-state index contributed by atoms with van der Waals surface area (Å²) >= 11 is 0. The molecular formula is C21H27N3O3. The molecular weight excluding hydrogens is 342 g/mol. The first-order chi connectivity index (χ1) is 12.9. The lowest BCUT2D eigenvalue weighted by Crippen LogP contribution is -2.44. The van der Waals surface area contributed by atoms with Crippen molar-refractivity contribution in [2.75, 3.05) is 20.2 Å². The normalized spacial score (nSPS) is 15.2. The van der Waals surface area contributed by atoms with E-state index in [4.69, 9.17) is 4.74 Å². The highest BCUT2D eigenvalue weighted by molar-refractivity contribution is 5.99. The van der Waals surface area contributed by atoms with Crippen molar-refractivity contribution in [3.63, 3.8) is 0 Å². The molecule has 0 aliphatic carbocycles.